The Hall–Kier alpha value is -3.19. The largest absolute Gasteiger partial charge is 0.372 e. The molecule has 2 fully saturated rings. The monoisotopic (exact) mass is 435 g/mol. The molecular weight excluding hydrogens is 406 g/mol. The van der Waals surface area contributed by atoms with Crippen molar-refractivity contribution < 1.29 is 19.1 Å². The molecule has 0 bridgehead atoms. The molecule has 2 saturated heterocycles. The molecule has 2 aliphatic rings. The molecule has 4 rings (SSSR count). The average molecular weight is 436 g/mol. The molecule has 0 aromatic heterocycles. The van der Waals surface area contributed by atoms with Gasteiger partial charge < -0.3 is 19.9 Å². The third-order valence-corrected chi connectivity index (χ3v) is 5.94. The number of carbonyl (C=O) groups is 3. The first-order chi connectivity index (χ1) is 15.4. The SMILES string of the molecule is CC1CN(C(=O)c2ccc(CNC(=O)C3CC(=O)N(c4ccccc4)C3)cc2)CC(C)O1. The van der Waals surface area contributed by atoms with Gasteiger partial charge in [0.25, 0.3) is 5.91 Å². The Balaban J connectivity index is 1.30. The van der Waals surface area contributed by atoms with Gasteiger partial charge in [-0.3, -0.25) is 14.4 Å². The Morgan fingerprint density at radius 2 is 1.62 bits per heavy atom. The number of morpholine rings is 1. The predicted molar refractivity (Wildman–Crippen MR) is 121 cm³/mol. The molecule has 32 heavy (non-hydrogen) atoms. The van der Waals surface area contributed by atoms with E-state index in [0.717, 1.165) is 11.3 Å². The van der Waals surface area contributed by atoms with E-state index in [4.69, 9.17) is 4.74 Å². The summed E-state index contributed by atoms with van der Waals surface area (Å²) in [6.07, 6.45) is 0.264. The Morgan fingerprint density at radius 3 is 2.28 bits per heavy atom. The zero-order valence-electron chi connectivity index (χ0n) is 18.5. The standard InChI is InChI=1S/C25H29N3O4/c1-17-14-27(15-18(2)32-17)25(31)20-10-8-19(9-11-20)13-26-24(30)21-12-23(29)28(16-21)22-6-4-3-5-7-22/h3-11,17-18,21H,12-16H2,1-2H3,(H,26,30). The van der Waals surface area contributed by atoms with Crippen molar-refractivity contribution in [3.05, 3.63) is 65.7 Å². The number of rotatable bonds is 5. The van der Waals surface area contributed by atoms with Crippen molar-refractivity contribution in [3.63, 3.8) is 0 Å². The van der Waals surface area contributed by atoms with E-state index < -0.39 is 0 Å². The molecule has 2 aromatic carbocycles. The van der Waals surface area contributed by atoms with E-state index in [0.29, 0.717) is 31.7 Å². The molecule has 168 valence electrons. The van der Waals surface area contributed by atoms with Crippen molar-refractivity contribution in [1.82, 2.24) is 10.2 Å². The van der Waals surface area contributed by atoms with E-state index in [1.807, 2.05) is 61.2 Å². The molecule has 1 N–H and O–H groups in total. The number of hydrogen-bond donors (Lipinski definition) is 1. The summed E-state index contributed by atoms with van der Waals surface area (Å²) < 4.78 is 5.70. The minimum atomic E-state index is -0.367. The van der Waals surface area contributed by atoms with Gasteiger partial charge in [0.2, 0.25) is 11.8 Å². The van der Waals surface area contributed by atoms with Gasteiger partial charge in [-0.15, -0.1) is 0 Å². The van der Waals surface area contributed by atoms with Crippen molar-refractivity contribution in [1.29, 1.82) is 0 Å². The van der Waals surface area contributed by atoms with Gasteiger partial charge in [-0.05, 0) is 43.7 Å². The first-order valence-electron chi connectivity index (χ1n) is 11.1. The Morgan fingerprint density at radius 1 is 0.969 bits per heavy atom. The lowest BCUT2D eigenvalue weighted by molar-refractivity contribution is -0.126. The highest BCUT2D eigenvalue weighted by Crippen LogP contribution is 2.25. The first-order valence-corrected chi connectivity index (χ1v) is 11.1. The van der Waals surface area contributed by atoms with Crippen molar-refractivity contribution >= 4 is 23.4 Å². The maximum atomic E-state index is 12.8. The number of benzene rings is 2. The van der Waals surface area contributed by atoms with E-state index >= 15 is 0 Å². The van der Waals surface area contributed by atoms with E-state index in [-0.39, 0.29) is 42.3 Å². The third kappa shape index (κ3) is 4.99. The van der Waals surface area contributed by atoms with Gasteiger partial charge in [0.15, 0.2) is 0 Å². The maximum Gasteiger partial charge on any atom is 0.254 e. The summed E-state index contributed by atoms with van der Waals surface area (Å²) in [5.41, 5.74) is 2.35. The quantitative estimate of drug-likeness (QED) is 0.783. The number of hydrogen-bond acceptors (Lipinski definition) is 4. The van der Waals surface area contributed by atoms with Crippen molar-refractivity contribution in [2.75, 3.05) is 24.5 Å². The highest BCUT2D eigenvalue weighted by atomic mass is 16.5. The van der Waals surface area contributed by atoms with Gasteiger partial charge in [0.05, 0.1) is 18.1 Å². The minimum absolute atomic E-state index is 0.00643. The summed E-state index contributed by atoms with van der Waals surface area (Å²) in [5, 5.41) is 2.93. The van der Waals surface area contributed by atoms with E-state index in [1.54, 1.807) is 17.0 Å². The van der Waals surface area contributed by atoms with Crippen LogP contribution < -0.4 is 10.2 Å². The molecule has 7 heteroatoms. The first kappa shape index (κ1) is 22.0. The average Bonchev–Trinajstić information content (AvgIpc) is 3.19. The zero-order chi connectivity index (χ0) is 22.7. The Kier molecular flexibility index (Phi) is 6.55. The fourth-order valence-corrected chi connectivity index (χ4v) is 4.37. The molecule has 3 amide bonds. The van der Waals surface area contributed by atoms with Crippen molar-refractivity contribution in [2.45, 2.75) is 39.0 Å². The number of anilines is 1. The van der Waals surface area contributed by atoms with Crippen LogP contribution in [0.2, 0.25) is 0 Å². The minimum Gasteiger partial charge on any atom is -0.372 e. The van der Waals surface area contributed by atoms with Crippen LogP contribution in [0.15, 0.2) is 54.6 Å². The second-order valence-electron chi connectivity index (χ2n) is 8.62. The van der Waals surface area contributed by atoms with Gasteiger partial charge in [-0.1, -0.05) is 30.3 Å². The van der Waals surface area contributed by atoms with Crippen LogP contribution in [0.1, 0.15) is 36.2 Å². The number of para-hydroxylation sites is 1. The molecule has 0 spiro atoms. The summed E-state index contributed by atoms with van der Waals surface area (Å²) in [6.45, 7) is 5.85. The van der Waals surface area contributed by atoms with Gasteiger partial charge in [-0.25, -0.2) is 0 Å². The van der Waals surface area contributed by atoms with Crippen molar-refractivity contribution in [2.24, 2.45) is 5.92 Å². The van der Waals surface area contributed by atoms with Crippen LogP contribution in [-0.4, -0.2) is 54.5 Å². The normalized spacial score (nSPS) is 23.3. The Labute approximate surface area is 188 Å². The summed E-state index contributed by atoms with van der Waals surface area (Å²) >= 11 is 0. The molecule has 0 saturated carbocycles. The van der Waals surface area contributed by atoms with Crippen LogP contribution in [0.5, 0.6) is 0 Å². The zero-order valence-corrected chi connectivity index (χ0v) is 18.5. The van der Waals surface area contributed by atoms with Gasteiger partial charge in [0, 0.05) is 43.9 Å². The van der Waals surface area contributed by atoms with Crippen LogP contribution in [-0.2, 0) is 20.9 Å². The number of ether oxygens (including phenoxy) is 1. The number of carbonyl (C=O) groups excluding carboxylic acids is 3. The molecule has 3 unspecified atom stereocenters. The van der Waals surface area contributed by atoms with E-state index in [1.165, 1.54) is 0 Å². The smallest absolute Gasteiger partial charge is 0.254 e. The van der Waals surface area contributed by atoms with E-state index in [2.05, 4.69) is 5.32 Å². The summed E-state index contributed by atoms with van der Waals surface area (Å²) in [6, 6.07) is 16.7. The topological polar surface area (TPSA) is 79.0 Å². The van der Waals surface area contributed by atoms with Crippen LogP contribution in [0, 0.1) is 5.92 Å². The van der Waals surface area contributed by atoms with Crippen LogP contribution in [0.4, 0.5) is 5.69 Å². The number of amides is 3. The van der Waals surface area contributed by atoms with Gasteiger partial charge >= 0.3 is 0 Å². The highest BCUT2D eigenvalue weighted by molar-refractivity contribution is 6.00. The molecule has 2 aromatic rings. The molecule has 2 heterocycles. The summed E-state index contributed by atoms with van der Waals surface area (Å²) in [7, 11) is 0. The molecule has 0 radical (unpaired) electrons. The summed E-state index contributed by atoms with van der Waals surface area (Å²) in [5.74, 6) is -0.541. The molecule has 7 nitrogen and oxygen atoms in total. The van der Waals surface area contributed by atoms with Gasteiger partial charge in [-0.2, -0.15) is 0 Å². The lowest BCUT2D eigenvalue weighted by Crippen LogP contribution is -2.48. The highest BCUT2D eigenvalue weighted by Gasteiger charge is 2.35. The van der Waals surface area contributed by atoms with Crippen LogP contribution >= 0.6 is 0 Å². The number of nitrogens with one attached hydrogen (secondary N) is 1. The van der Waals surface area contributed by atoms with Gasteiger partial charge in [0.1, 0.15) is 0 Å². The lowest BCUT2D eigenvalue weighted by atomic mass is 10.1. The van der Waals surface area contributed by atoms with Crippen LogP contribution in [0.3, 0.4) is 0 Å². The second kappa shape index (κ2) is 9.53. The van der Waals surface area contributed by atoms with Crippen molar-refractivity contribution in [3.8, 4) is 0 Å². The van der Waals surface area contributed by atoms with Crippen LogP contribution in [0.25, 0.3) is 0 Å². The fourth-order valence-electron chi connectivity index (χ4n) is 4.37. The molecule has 0 aliphatic carbocycles. The molecule has 3 atom stereocenters. The second-order valence-corrected chi connectivity index (χ2v) is 8.62. The number of nitrogens with zero attached hydrogens (tertiary/aromatic N) is 2. The molecule has 2 aliphatic heterocycles. The van der Waals surface area contributed by atoms with E-state index in [9.17, 15) is 14.4 Å². The molecular formula is C25H29N3O4. The lowest BCUT2D eigenvalue weighted by Gasteiger charge is -2.35. The maximum absolute atomic E-state index is 12.8. The Bertz CT molecular complexity index is 966. The summed E-state index contributed by atoms with van der Waals surface area (Å²) in [4.78, 5) is 41.2. The third-order valence-electron chi connectivity index (χ3n) is 5.94. The predicted octanol–water partition coefficient (Wildman–Crippen LogP) is 2.61. The fraction of sp³-hybridized carbons (Fsp3) is 0.400.